The Morgan fingerprint density at radius 2 is 2.00 bits per heavy atom. The van der Waals surface area contributed by atoms with E-state index >= 15 is 0 Å². The van der Waals surface area contributed by atoms with Gasteiger partial charge in [-0.1, -0.05) is 35.5 Å². The molecule has 1 aromatic heterocycles. The van der Waals surface area contributed by atoms with Crippen LogP contribution in [0.25, 0.3) is 11.3 Å². The standard InChI is InChI=1S/C18H25N5O2.HI/c19-18(20-7-4-8-23-9-11-24-12-10-23)21-14-16-13-17(25-22-16)15-5-2-1-3-6-15;/h1-3,5-6,13H,4,7-12,14H2,(H3,19,20,21);1H. The first-order valence-electron chi connectivity index (χ1n) is 8.66. The molecule has 7 nitrogen and oxygen atoms in total. The molecule has 26 heavy (non-hydrogen) atoms. The highest BCUT2D eigenvalue weighted by molar-refractivity contribution is 14.0. The number of rotatable bonds is 7. The third-order valence-electron chi connectivity index (χ3n) is 4.09. The van der Waals surface area contributed by atoms with Crippen LogP contribution < -0.4 is 11.1 Å². The highest BCUT2D eigenvalue weighted by atomic mass is 127. The van der Waals surface area contributed by atoms with E-state index in [1.807, 2.05) is 36.4 Å². The lowest BCUT2D eigenvalue weighted by Gasteiger charge is -2.26. The summed E-state index contributed by atoms with van der Waals surface area (Å²) in [5.41, 5.74) is 7.67. The molecule has 2 heterocycles. The van der Waals surface area contributed by atoms with Crippen molar-refractivity contribution in [2.24, 2.45) is 10.7 Å². The predicted molar refractivity (Wildman–Crippen MR) is 113 cm³/mol. The van der Waals surface area contributed by atoms with Crippen molar-refractivity contribution < 1.29 is 9.26 Å². The van der Waals surface area contributed by atoms with Crippen LogP contribution in [0.5, 0.6) is 0 Å². The minimum absolute atomic E-state index is 0. The van der Waals surface area contributed by atoms with Crippen LogP contribution in [0, 0.1) is 0 Å². The van der Waals surface area contributed by atoms with Gasteiger partial charge >= 0.3 is 0 Å². The highest BCUT2D eigenvalue weighted by Gasteiger charge is 2.09. The molecule has 0 amide bonds. The molecule has 1 saturated heterocycles. The molecule has 0 unspecified atom stereocenters. The van der Waals surface area contributed by atoms with E-state index in [4.69, 9.17) is 15.0 Å². The van der Waals surface area contributed by atoms with E-state index in [1.165, 1.54) is 0 Å². The molecular formula is C18H26IN5O2. The molecule has 0 radical (unpaired) electrons. The molecule has 1 aromatic carbocycles. The number of halogens is 1. The third kappa shape index (κ3) is 6.58. The number of nitrogens with one attached hydrogen (secondary N) is 1. The summed E-state index contributed by atoms with van der Waals surface area (Å²) in [6, 6.07) is 11.8. The van der Waals surface area contributed by atoms with Crippen LogP contribution >= 0.6 is 24.0 Å². The number of guanidine groups is 1. The van der Waals surface area contributed by atoms with Gasteiger partial charge in [0.15, 0.2) is 11.7 Å². The maximum atomic E-state index is 5.91. The topological polar surface area (TPSA) is 88.9 Å². The average molecular weight is 471 g/mol. The van der Waals surface area contributed by atoms with Crippen molar-refractivity contribution in [2.75, 3.05) is 39.4 Å². The second kappa shape index (κ2) is 11.1. The fraction of sp³-hybridized carbons (Fsp3) is 0.444. The van der Waals surface area contributed by atoms with Gasteiger partial charge in [-0.25, -0.2) is 4.99 Å². The summed E-state index contributed by atoms with van der Waals surface area (Å²) >= 11 is 0. The smallest absolute Gasteiger partial charge is 0.188 e. The van der Waals surface area contributed by atoms with Crippen molar-refractivity contribution in [1.29, 1.82) is 0 Å². The number of nitrogens with two attached hydrogens (primary N) is 1. The van der Waals surface area contributed by atoms with Gasteiger partial charge in [0.05, 0.1) is 19.8 Å². The lowest BCUT2D eigenvalue weighted by molar-refractivity contribution is 0.0376. The molecule has 0 aliphatic carbocycles. The van der Waals surface area contributed by atoms with E-state index in [9.17, 15) is 0 Å². The van der Waals surface area contributed by atoms with E-state index in [2.05, 4.69) is 20.4 Å². The van der Waals surface area contributed by atoms with E-state index < -0.39 is 0 Å². The largest absolute Gasteiger partial charge is 0.379 e. The maximum Gasteiger partial charge on any atom is 0.188 e. The summed E-state index contributed by atoms with van der Waals surface area (Å²) < 4.78 is 10.7. The molecule has 0 bridgehead atoms. The van der Waals surface area contributed by atoms with Gasteiger partial charge in [-0.05, 0) is 13.0 Å². The second-order valence-electron chi connectivity index (χ2n) is 5.98. The monoisotopic (exact) mass is 471 g/mol. The summed E-state index contributed by atoms with van der Waals surface area (Å²) in [6.07, 6.45) is 1.03. The Labute approximate surface area is 171 Å². The number of benzene rings is 1. The highest BCUT2D eigenvalue weighted by Crippen LogP contribution is 2.19. The number of nitrogens with zero attached hydrogens (tertiary/aromatic N) is 3. The Kier molecular flexibility index (Phi) is 8.86. The van der Waals surface area contributed by atoms with Gasteiger partial charge in [0.25, 0.3) is 0 Å². The van der Waals surface area contributed by atoms with Crippen LogP contribution in [0.4, 0.5) is 0 Å². The van der Waals surface area contributed by atoms with Crippen LogP contribution in [0.1, 0.15) is 12.1 Å². The summed E-state index contributed by atoms with van der Waals surface area (Å²) in [6.45, 7) is 5.95. The van der Waals surface area contributed by atoms with Gasteiger partial charge in [-0.15, -0.1) is 24.0 Å². The maximum absolute atomic E-state index is 5.91. The van der Waals surface area contributed by atoms with Crippen molar-refractivity contribution in [2.45, 2.75) is 13.0 Å². The SMILES string of the molecule is I.NC(=NCc1cc(-c2ccccc2)on1)NCCCN1CCOCC1. The molecule has 0 spiro atoms. The number of morpholine rings is 1. The minimum atomic E-state index is 0. The minimum Gasteiger partial charge on any atom is -0.379 e. The molecule has 1 aliphatic heterocycles. The first kappa shape index (κ1) is 20.7. The van der Waals surface area contributed by atoms with E-state index in [1.54, 1.807) is 0 Å². The van der Waals surface area contributed by atoms with E-state index in [0.717, 1.165) is 62.8 Å². The predicted octanol–water partition coefficient (Wildman–Crippen LogP) is 2.09. The molecule has 2 aromatic rings. The van der Waals surface area contributed by atoms with Crippen molar-refractivity contribution in [3.8, 4) is 11.3 Å². The Morgan fingerprint density at radius 1 is 1.23 bits per heavy atom. The second-order valence-corrected chi connectivity index (χ2v) is 5.98. The number of aliphatic imine (C=N–C) groups is 1. The molecule has 8 heteroatoms. The van der Waals surface area contributed by atoms with Gasteiger partial charge in [0, 0.05) is 31.3 Å². The van der Waals surface area contributed by atoms with Gasteiger partial charge in [-0.2, -0.15) is 0 Å². The van der Waals surface area contributed by atoms with Crippen LogP contribution in [0.3, 0.4) is 0 Å². The summed E-state index contributed by atoms with van der Waals surface area (Å²) in [4.78, 5) is 6.71. The Hall–Kier alpha value is -1.65. The van der Waals surface area contributed by atoms with Crippen LogP contribution in [0.2, 0.25) is 0 Å². The van der Waals surface area contributed by atoms with Crippen LogP contribution in [-0.4, -0.2) is 55.4 Å². The Morgan fingerprint density at radius 3 is 2.77 bits per heavy atom. The Balaban J connectivity index is 0.00000243. The summed E-state index contributed by atoms with van der Waals surface area (Å²) in [7, 11) is 0. The summed E-state index contributed by atoms with van der Waals surface area (Å²) in [5, 5.41) is 7.18. The first-order chi connectivity index (χ1) is 12.3. The fourth-order valence-electron chi connectivity index (χ4n) is 2.69. The molecule has 3 N–H and O–H groups in total. The van der Waals surface area contributed by atoms with Crippen molar-refractivity contribution in [3.05, 3.63) is 42.1 Å². The number of aromatic nitrogens is 1. The quantitative estimate of drug-likeness (QED) is 0.278. The molecule has 142 valence electrons. The average Bonchev–Trinajstić information content (AvgIpc) is 3.14. The normalized spacial score (nSPS) is 15.5. The zero-order chi connectivity index (χ0) is 17.3. The van der Waals surface area contributed by atoms with Gasteiger partial charge in [0.1, 0.15) is 5.69 Å². The summed E-state index contributed by atoms with van der Waals surface area (Å²) in [5.74, 6) is 1.18. The van der Waals surface area contributed by atoms with Crippen molar-refractivity contribution >= 4 is 29.9 Å². The van der Waals surface area contributed by atoms with Crippen molar-refractivity contribution in [3.63, 3.8) is 0 Å². The number of hydrogen-bond donors (Lipinski definition) is 2. The lowest BCUT2D eigenvalue weighted by Crippen LogP contribution is -2.39. The van der Waals surface area contributed by atoms with E-state index in [-0.39, 0.29) is 24.0 Å². The third-order valence-corrected chi connectivity index (χ3v) is 4.09. The first-order valence-corrected chi connectivity index (χ1v) is 8.66. The van der Waals surface area contributed by atoms with E-state index in [0.29, 0.717) is 12.5 Å². The number of hydrogen-bond acceptors (Lipinski definition) is 5. The molecule has 1 fully saturated rings. The van der Waals surface area contributed by atoms with Crippen molar-refractivity contribution in [1.82, 2.24) is 15.4 Å². The van der Waals surface area contributed by atoms with Crippen LogP contribution in [0.15, 0.2) is 45.9 Å². The zero-order valence-electron chi connectivity index (χ0n) is 14.8. The molecule has 1 aliphatic rings. The Bertz CT molecular complexity index is 671. The zero-order valence-corrected chi connectivity index (χ0v) is 17.1. The molecule has 0 atom stereocenters. The van der Waals surface area contributed by atoms with Crippen LogP contribution in [-0.2, 0) is 11.3 Å². The van der Waals surface area contributed by atoms with Gasteiger partial charge in [-0.3, -0.25) is 4.90 Å². The van der Waals surface area contributed by atoms with Gasteiger partial charge < -0.3 is 20.3 Å². The molecule has 3 rings (SSSR count). The fourth-order valence-corrected chi connectivity index (χ4v) is 2.69. The number of ether oxygens (including phenoxy) is 1. The molecular weight excluding hydrogens is 445 g/mol. The lowest BCUT2D eigenvalue weighted by atomic mass is 10.2. The molecule has 0 saturated carbocycles. The van der Waals surface area contributed by atoms with Gasteiger partial charge in [0.2, 0.25) is 0 Å².